The minimum atomic E-state index is 0.0153. The SMILES string of the molecule is N#Cc1cccnc1N1CCCN(C(=O)c2ccc(-n3cc(Br)cn3)cc2)CC1. The molecule has 1 saturated heterocycles. The van der Waals surface area contributed by atoms with Crippen LogP contribution in [-0.4, -0.2) is 51.8 Å². The van der Waals surface area contributed by atoms with E-state index in [2.05, 4.69) is 37.0 Å². The molecule has 0 bridgehead atoms. The van der Waals surface area contributed by atoms with Crippen molar-refractivity contribution in [2.45, 2.75) is 6.42 Å². The first-order chi connectivity index (χ1) is 14.2. The molecule has 4 rings (SSSR count). The lowest BCUT2D eigenvalue weighted by molar-refractivity contribution is 0.0767. The average molecular weight is 451 g/mol. The highest BCUT2D eigenvalue weighted by molar-refractivity contribution is 9.10. The largest absolute Gasteiger partial charge is 0.354 e. The van der Waals surface area contributed by atoms with Crippen LogP contribution in [-0.2, 0) is 0 Å². The minimum Gasteiger partial charge on any atom is -0.354 e. The Bertz CT molecular complexity index is 1060. The number of benzene rings is 1. The summed E-state index contributed by atoms with van der Waals surface area (Å²) in [5, 5.41) is 13.6. The van der Waals surface area contributed by atoms with Gasteiger partial charge in [0.1, 0.15) is 11.9 Å². The van der Waals surface area contributed by atoms with Crippen LogP contribution in [0.25, 0.3) is 5.69 Å². The lowest BCUT2D eigenvalue weighted by Gasteiger charge is -2.23. The number of amides is 1. The first-order valence-electron chi connectivity index (χ1n) is 9.35. The van der Waals surface area contributed by atoms with Gasteiger partial charge in [-0.2, -0.15) is 10.4 Å². The van der Waals surface area contributed by atoms with Crippen LogP contribution in [0.15, 0.2) is 59.5 Å². The molecule has 1 aromatic carbocycles. The Kier molecular flexibility index (Phi) is 5.58. The number of nitriles is 1. The van der Waals surface area contributed by atoms with Crippen LogP contribution < -0.4 is 4.90 Å². The summed E-state index contributed by atoms with van der Waals surface area (Å²) in [6.45, 7) is 2.69. The highest BCUT2D eigenvalue weighted by atomic mass is 79.9. The van der Waals surface area contributed by atoms with Crippen LogP contribution in [0.1, 0.15) is 22.3 Å². The predicted molar refractivity (Wildman–Crippen MR) is 113 cm³/mol. The standard InChI is InChI=1S/C21H19BrN6O/c22-18-14-25-28(15-18)19-6-4-16(5-7-19)21(29)27-10-2-9-26(11-12-27)20-17(13-23)3-1-8-24-20/h1,3-8,14-15H,2,9-12H2. The molecule has 0 N–H and O–H groups in total. The molecule has 8 heteroatoms. The Balaban J connectivity index is 1.45. The van der Waals surface area contributed by atoms with E-state index < -0.39 is 0 Å². The van der Waals surface area contributed by atoms with Crippen molar-refractivity contribution in [3.63, 3.8) is 0 Å². The molecule has 1 aliphatic heterocycles. The molecule has 1 amide bonds. The summed E-state index contributed by atoms with van der Waals surface area (Å²) >= 11 is 3.39. The molecule has 3 heterocycles. The van der Waals surface area contributed by atoms with Gasteiger partial charge in [-0.3, -0.25) is 4.79 Å². The molecule has 2 aromatic heterocycles. The molecule has 1 aliphatic rings. The fourth-order valence-electron chi connectivity index (χ4n) is 3.45. The van der Waals surface area contributed by atoms with Gasteiger partial charge in [0.25, 0.3) is 5.91 Å². The van der Waals surface area contributed by atoms with Gasteiger partial charge in [0.2, 0.25) is 0 Å². The molecule has 0 aliphatic carbocycles. The second-order valence-corrected chi connectivity index (χ2v) is 7.68. The Morgan fingerprint density at radius 3 is 2.66 bits per heavy atom. The van der Waals surface area contributed by atoms with Crippen molar-refractivity contribution in [1.82, 2.24) is 19.7 Å². The lowest BCUT2D eigenvalue weighted by atomic mass is 10.1. The van der Waals surface area contributed by atoms with Crippen molar-refractivity contribution in [3.8, 4) is 11.8 Å². The number of nitrogens with zero attached hydrogens (tertiary/aromatic N) is 6. The van der Waals surface area contributed by atoms with Crippen molar-refractivity contribution < 1.29 is 4.79 Å². The van der Waals surface area contributed by atoms with E-state index in [-0.39, 0.29) is 5.91 Å². The highest BCUT2D eigenvalue weighted by Gasteiger charge is 2.22. The zero-order valence-corrected chi connectivity index (χ0v) is 17.3. The Labute approximate surface area is 177 Å². The molecule has 1 fully saturated rings. The summed E-state index contributed by atoms with van der Waals surface area (Å²) in [6.07, 6.45) is 6.12. The molecule has 29 heavy (non-hydrogen) atoms. The molecular formula is C21H19BrN6O. The van der Waals surface area contributed by atoms with E-state index in [9.17, 15) is 10.1 Å². The summed E-state index contributed by atoms with van der Waals surface area (Å²) in [5.41, 5.74) is 2.12. The maximum Gasteiger partial charge on any atom is 0.253 e. The second-order valence-electron chi connectivity index (χ2n) is 6.77. The normalized spacial score (nSPS) is 14.3. The van der Waals surface area contributed by atoms with E-state index in [0.717, 1.165) is 23.1 Å². The molecule has 0 spiro atoms. The number of carbonyl (C=O) groups is 1. The third-order valence-corrected chi connectivity index (χ3v) is 5.33. The number of aromatic nitrogens is 3. The number of hydrogen-bond donors (Lipinski definition) is 0. The van der Waals surface area contributed by atoms with Crippen LogP contribution in [0.2, 0.25) is 0 Å². The number of pyridine rings is 1. The van der Waals surface area contributed by atoms with Gasteiger partial charge in [-0.25, -0.2) is 9.67 Å². The van der Waals surface area contributed by atoms with E-state index in [1.165, 1.54) is 0 Å². The van der Waals surface area contributed by atoms with E-state index in [1.54, 1.807) is 29.2 Å². The van der Waals surface area contributed by atoms with Gasteiger partial charge < -0.3 is 9.80 Å². The van der Waals surface area contributed by atoms with E-state index >= 15 is 0 Å². The van der Waals surface area contributed by atoms with Crippen LogP contribution in [0.5, 0.6) is 0 Å². The zero-order valence-electron chi connectivity index (χ0n) is 15.7. The predicted octanol–water partition coefficient (Wildman–Crippen LogP) is 3.25. The number of rotatable bonds is 3. The Morgan fingerprint density at radius 2 is 1.93 bits per heavy atom. The van der Waals surface area contributed by atoms with Crippen molar-refractivity contribution >= 4 is 27.7 Å². The van der Waals surface area contributed by atoms with Gasteiger partial charge in [0.15, 0.2) is 0 Å². The molecule has 0 saturated carbocycles. The van der Waals surface area contributed by atoms with Gasteiger partial charge in [-0.1, -0.05) is 0 Å². The summed E-state index contributed by atoms with van der Waals surface area (Å²) in [7, 11) is 0. The number of carbonyl (C=O) groups excluding carboxylic acids is 1. The van der Waals surface area contributed by atoms with E-state index in [1.807, 2.05) is 35.4 Å². The summed E-state index contributed by atoms with van der Waals surface area (Å²) in [4.78, 5) is 21.3. The monoisotopic (exact) mass is 450 g/mol. The van der Waals surface area contributed by atoms with Gasteiger partial charge >= 0.3 is 0 Å². The number of hydrogen-bond acceptors (Lipinski definition) is 5. The van der Waals surface area contributed by atoms with Crippen molar-refractivity contribution in [3.05, 3.63) is 70.6 Å². The molecule has 0 atom stereocenters. The summed E-state index contributed by atoms with van der Waals surface area (Å²) < 4.78 is 2.65. The van der Waals surface area contributed by atoms with Gasteiger partial charge in [0.05, 0.1) is 21.9 Å². The van der Waals surface area contributed by atoms with Crippen LogP contribution >= 0.6 is 15.9 Å². The molecule has 7 nitrogen and oxygen atoms in total. The summed E-state index contributed by atoms with van der Waals surface area (Å²) in [5.74, 6) is 0.709. The second kappa shape index (κ2) is 8.45. The molecule has 146 valence electrons. The number of halogens is 1. The quantitative estimate of drug-likeness (QED) is 0.611. The van der Waals surface area contributed by atoms with Crippen molar-refractivity contribution in [1.29, 1.82) is 5.26 Å². The van der Waals surface area contributed by atoms with Gasteiger partial charge in [-0.15, -0.1) is 0 Å². The Hall–Kier alpha value is -3.18. The van der Waals surface area contributed by atoms with E-state index in [0.29, 0.717) is 36.6 Å². The molecule has 0 unspecified atom stereocenters. The first kappa shape index (κ1) is 19.2. The third kappa shape index (κ3) is 4.15. The minimum absolute atomic E-state index is 0.0153. The van der Waals surface area contributed by atoms with Crippen LogP contribution in [0.3, 0.4) is 0 Å². The summed E-state index contributed by atoms with van der Waals surface area (Å²) in [6, 6.07) is 13.2. The fourth-order valence-corrected chi connectivity index (χ4v) is 3.74. The van der Waals surface area contributed by atoms with Gasteiger partial charge in [0, 0.05) is 44.1 Å². The smallest absolute Gasteiger partial charge is 0.253 e. The molecule has 3 aromatic rings. The zero-order chi connectivity index (χ0) is 20.2. The molecule has 0 radical (unpaired) electrons. The average Bonchev–Trinajstić information content (AvgIpc) is 3.05. The maximum atomic E-state index is 13.0. The molecular weight excluding hydrogens is 432 g/mol. The topological polar surface area (TPSA) is 78.0 Å². The van der Waals surface area contributed by atoms with Crippen molar-refractivity contribution in [2.75, 3.05) is 31.1 Å². The van der Waals surface area contributed by atoms with E-state index in [4.69, 9.17) is 0 Å². The van der Waals surface area contributed by atoms with Gasteiger partial charge in [-0.05, 0) is 58.7 Å². The number of anilines is 1. The highest BCUT2D eigenvalue weighted by Crippen LogP contribution is 2.19. The lowest BCUT2D eigenvalue weighted by Crippen LogP contribution is -2.35. The van der Waals surface area contributed by atoms with Crippen molar-refractivity contribution in [2.24, 2.45) is 0 Å². The maximum absolute atomic E-state index is 13.0. The first-order valence-corrected chi connectivity index (χ1v) is 10.1. The van der Waals surface area contributed by atoms with Crippen LogP contribution in [0.4, 0.5) is 5.82 Å². The fraction of sp³-hybridized carbons (Fsp3) is 0.238. The van der Waals surface area contributed by atoms with Crippen LogP contribution in [0, 0.1) is 11.3 Å². The third-order valence-electron chi connectivity index (χ3n) is 4.92. The Morgan fingerprint density at radius 1 is 1.10 bits per heavy atom.